The fraction of sp³-hybridized carbons (Fsp3) is 0.500. The first-order chi connectivity index (χ1) is 8.70. The molecule has 2 rings (SSSR count). The van der Waals surface area contributed by atoms with Crippen LogP contribution >= 0.6 is 0 Å². The first-order valence-electron chi connectivity index (χ1n) is 6.53. The van der Waals surface area contributed by atoms with Crippen LogP contribution < -0.4 is 10.2 Å². The predicted octanol–water partition coefficient (Wildman–Crippen LogP) is 1.79. The Hall–Kier alpha value is -1.55. The molecule has 1 aromatic rings. The lowest BCUT2D eigenvalue weighted by molar-refractivity contribution is -0.115. The average molecular weight is 247 g/mol. The van der Waals surface area contributed by atoms with Gasteiger partial charge < -0.3 is 15.1 Å². The van der Waals surface area contributed by atoms with Gasteiger partial charge in [0.1, 0.15) is 0 Å². The molecule has 0 spiro atoms. The van der Waals surface area contributed by atoms with E-state index in [1.165, 1.54) is 0 Å². The van der Waals surface area contributed by atoms with Crippen molar-refractivity contribution in [2.75, 3.05) is 43.4 Å². The molecular weight excluding hydrogens is 226 g/mol. The minimum atomic E-state index is 0.0663. The fourth-order valence-electron chi connectivity index (χ4n) is 2.14. The van der Waals surface area contributed by atoms with Gasteiger partial charge in [-0.3, -0.25) is 4.79 Å². The second kappa shape index (κ2) is 5.87. The van der Waals surface area contributed by atoms with Gasteiger partial charge in [0.15, 0.2) is 0 Å². The molecule has 1 N–H and O–H groups in total. The minimum absolute atomic E-state index is 0.0663. The van der Waals surface area contributed by atoms with Gasteiger partial charge in [-0.15, -0.1) is 0 Å². The van der Waals surface area contributed by atoms with E-state index < -0.39 is 0 Å². The number of hydrogen-bond donors (Lipinski definition) is 1. The van der Waals surface area contributed by atoms with Crippen LogP contribution in [0.5, 0.6) is 0 Å². The van der Waals surface area contributed by atoms with Crippen LogP contribution in [0.3, 0.4) is 0 Å². The van der Waals surface area contributed by atoms with Crippen LogP contribution in [-0.2, 0) is 4.79 Å². The van der Waals surface area contributed by atoms with E-state index in [9.17, 15) is 4.79 Å². The van der Waals surface area contributed by atoms with Crippen molar-refractivity contribution in [2.24, 2.45) is 0 Å². The summed E-state index contributed by atoms with van der Waals surface area (Å²) >= 11 is 0. The van der Waals surface area contributed by atoms with Crippen LogP contribution in [0.25, 0.3) is 0 Å². The van der Waals surface area contributed by atoms with Crippen molar-refractivity contribution in [2.45, 2.75) is 13.3 Å². The van der Waals surface area contributed by atoms with Gasteiger partial charge in [0.05, 0.1) is 11.4 Å². The Kier molecular flexibility index (Phi) is 4.20. The van der Waals surface area contributed by atoms with E-state index in [0.717, 1.165) is 37.6 Å². The summed E-state index contributed by atoms with van der Waals surface area (Å²) in [6.07, 6.45) is 0.511. The van der Waals surface area contributed by atoms with Crippen LogP contribution in [0.15, 0.2) is 24.3 Å². The Morgan fingerprint density at radius 3 is 2.56 bits per heavy atom. The molecule has 1 aliphatic heterocycles. The number of piperazine rings is 1. The number of hydrogen-bond acceptors (Lipinski definition) is 3. The Balaban J connectivity index is 2.14. The zero-order chi connectivity index (χ0) is 13.0. The van der Waals surface area contributed by atoms with Gasteiger partial charge in [0.2, 0.25) is 5.91 Å². The van der Waals surface area contributed by atoms with E-state index in [2.05, 4.69) is 28.2 Å². The SMILES string of the molecule is CCC(=O)Nc1ccccc1N1CCN(C)CC1. The summed E-state index contributed by atoms with van der Waals surface area (Å²) in [5.74, 6) is 0.0663. The molecule has 0 atom stereocenters. The number of nitrogens with zero attached hydrogens (tertiary/aromatic N) is 2. The number of benzene rings is 1. The van der Waals surface area contributed by atoms with Crippen LogP contribution in [-0.4, -0.2) is 44.0 Å². The maximum atomic E-state index is 11.5. The maximum Gasteiger partial charge on any atom is 0.224 e. The lowest BCUT2D eigenvalue weighted by Crippen LogP contribution is -2.44. The largest absolute Gasteiger partial charge is 0.367 e. The summed E-state index contributed by atoms with van der Waals surface area (Å²) in [5.41, 5.74) is 2.06. The third-order valence-electron chi connectivity index (χ3n) is 3.34. The van der Waals surface area contributed by atoms with Crippen LogP contribution in [0, 0.1) is 0 Å². The van der Waals surface area contributed by atoms with Crippen molar-refractivity contribution in [1.82, 2.24) is 4.90 Å². The zero-order valence-corrected chi connectivity index (χ0v) is 11.1. The van der Waals surface area contributed by atoms with Gasteiger partial charge in [0.25, 0.3) is 0 Å². The van der Waals surface area contributed by atoms with Gasteiger partial charge in [-0.05, 0) is 19.2 Å². The number of likely N-dealkylation sites (N-methyl/N-ethyl adjacent to an activating group) is 1. The number of carbonyl (C=O) groups excluding carboxylic acids is 1. The number of rotatable bonds is 3. The number of amides is 1. The summed E-state index contributed by atoms with van der Waals surface area (Å²) in [6, 6.07) is 8.04. The van der Waals surface area contributed by atoms with Crippen LogP contribution in [0.1, 0.15) is 13.3 Å². The Morgan fingerprint density at radius 2 is 1.89 bits per heavy atom. The third-order valence-corrected chi connectivity index (χ3v) is 3.34. The average Bonchev–Trinajstić information content (AvgIpc) is 2.40. The van der Waals surface area contributed by atoms with Gasteiger partial charge in [-0.2, -0.15) is 0 Å². The molecule has 1 amide bonds. The van der Waals surface area contributed by atoms with E-state index in [1.807, 2.05) is 25.1 Å². The lowest BCUT2D eigenvalue weighted by atomic mass is 10.2. The standard InChI is InChI=1S/C14H21N3O/c1-3-14(18)15-12-6-4-5-7-13(12)17-10-8-16(2)9-11-17/h4-7H,3,8-11H2,1-2H3,(H,15,18). The molecule has 1 saturated heterocycles. The third kappa shape index (κ3) is 3.01. The van der Waals surface area contributed by atoms with Crippen molar-refractivity contribution in [3.05, 3.63) is 24.3 Å². The first kappa shape index (κ1) is 12.9. The van der Waals surface area contributed by atoms with E-state index in [4.69, 9.17) is 0 Å². The van der Waals surface area contributed by atoms with E-state index in [0.29, 0.717) is 6.42 Å². The number of nitrogens with one attached hydrogen (secondary N) is 1. The molecule has 18 heavy (non-hydrogen) atoms. The minimum Gasteiger partial charge on any atom is -0.367 e. The second-order valence-electron chi connectivity index (χ2n) is 4.71. The normalized spacial score (nSPS) is 16.7. The van der Waals surface area contributed by atoms with Gasteiger partial charge >= 0.3 is 0 Å². The van der Waals surface area contributed by atoms with Gasteiger partial charge in [0, 0.05) is 32.6 Å². The van der Waals surface area contributed by atoms with Crippen LogP contribution in [0.2, 0.25) is 0 Å². The highest BCUT2D eigenvalue weighted by Gasteiger charge is 2.17. The van der Waals surface area contributed by atoms with E-state index in [1.54, 1.807) is 0 Å². The zero-order valence-electron chi connectivity index (χ0n) is 11.1. The van der Waals surface area contributed by atoms with E-state index >= 15 is 0 Å². The molecule has 0 bridgehead atoms. The van der Waals surface area contributed by atoms with E-state index in [-0.39, 0.29) is 5.91 Å². The second-order valence-corrected chi connectivity index (χ2v) is 4.71. The molecule has 0 aliphatic carbocycles. The molecule has 0 unspecified atom stereocenters. The molecule has 1 heterocycles. The van der Waals surface area contributed by atoms with Crippen molar-refractivity contribution in [3.63, 3.8) is 0 Å². The molecule has 98 valence electrons. The lowest BCUT2D eigenvalue weighted by Gasteiger charge is -2.35. The quantitative estimate of drug-likeness (QED) is 0.884. The Morgan fingerprint density at radius 1 is 1.22 bits per heavy atom. The monoisotopic (exact) mass is 247 g/mol. The topological polar surface area (TPSA) is 35.6 Å². The summed E-state index contributed by atoms with van der Waals surface area (Å²) in [6.45, 7) is 6.02. The summed E-state index contributed by atoms with van der Waals surface area (Å²) in [5, 5.41) is 2.97. The van der Waals surface area contributed by atoms with Crippen LogP contribution in [0.4, 0.5) is 11.4 Å². The molecule has 4 heteroatoms. The molecule has 4 nitrogen and oxygen atoms in total. The summed E-state index contributed by atoms with van der Waals surface area (Å²) in [4.78, 5) is 16.2. The molecule has 0 saturated carbocycles. The molecule has 1 aliphatic rings. The van der Waals surface area contributed by atoms with Crippen molar-refractivity contribution in [3.8, 4) is 0 Å². The number of carbonyl (C=O) groups is 1. The van der Waals surface area contributed by atoms with Gasteiger partial charge in [-0.1, -0.05) is 19.1 Å². The van der Waals surface area contributed by atoms with Crippen molar-refractivity contribution >= 4 is 17.3 Å². The first-order valence-corrected chi connectivity index (χ1v) is 6.53. The van der Waals surface area contributed by atoms with Crippen molar-refractivity contribution in [1.29, 1.82) is 0 Å². The highest BCUT2D eigenvalue weighted by atomic mass is 16.1. The maximum absolute atomic E-state index is 11.5. The highest BCUT2D eigenvalue weighted by molar-refractivity contribution is 5.94. The van der Waals surface area contributed by atoms with Gasteiger partial charge in [-0.25, -0.2) is 0 Å². The molecule has 0 radical (unpaired) electrons. The highest BCUT2D eigenvalue weighted by Crippen LogP contribution is 2.26. The fourth-order valence-corrected chi connectivity index (χ4v) is 2.14. The molecular formula is C14H21N3O. The Bertz CT molecular complexity index is 411. The number of para-hydroxylation sites is 2. The summed E-state index contributed by atoms with van der Waals surface area (Å²) in [7, 11) is 2.14. The molecule has 0 aromatic heterocycles. The molecule has 1 fully saturated rings. The summed E-state index contributed by atoms with van der Waals surface area (Å²) < 4.78 is 0. The smallest absolute Gasteiger partial charge is 0.224 e. The Labute approximate surface area is 109 Å². The van der Waals surface area contributed by atoms with Crippen molar-refractivity contribution < 1.29 is 4.79 Å². The molecule has 1 aromatic carbocycles. The predicted molar refractivity (Wildman–Crippen MR) is 75.1 cm³/mol. The number of anilines is 2.